The minimum absolute atomic E-state index is 0.0258. The molecule has 13 nitrogen and oxygen atoms in total. The highest BCUT2D eigenvalue weighted by Gasteiger charge is 2.60. The molecule has 192 valence electrons. The fraction of sp³-hybridized carbons (Fsp3) is 0.455. The van der Waals surface area contributed by atoms with Gasteiger partial charge in [-0.1, -0.05) is 0 Å². The minimum Gasteiger partial charge on any atom is -0.733 e. The Morgan fingerprint density at radius 1 is 0.800 bits per heavy atom. The van der Waals surface area contributed by atoms with E-state index in [0.29, 0.717) is 0 Å². The molecule has 2 aliphatic heterocycles. The predicted octanol–water partition coefficient (Wildman–Crippen LogP) is 2.30. The Labute approximate surface area is 200 Å². The van der Waals surface area contributed by atoms with Crippen molar-refractivity contribution >= 4 is 11.4 Å². The molecule has 13 heteroatoms. The van der Waals surface area contributed by atoms with E-state index in [4.69, 9.17) is 28.4 Å². The van der Waals surface area contributed by atoms with Crippen molar-refractivity contribution in [1.29, 1.82) is 0 Å². The first-order chi connectivity index (χ1) is 16.7. The molecule has 0 aliphatic carbocycles. The first-order valence-electron chi connectivity index (χ1n) is 10.5. The molecule has 0 radical (unpaired) electrons. The third kappa shape index (κ3) is 4.06. The highest BCUT2D eigenvalue weighted by Crippen LogP contribution is 2.56. The highest BCUT2D eigenvalue weighted by atomic mass is 16.8. The average Bonchev–Trinajstić information content (AvgIpc) is 3.36. The van der Waals surface area contributed by atoms with Gasteiger partial charge in [0.2, 0.25) is 0 Å². The highest BCUT2D eigenvalue weighted by molar-refractivity contribution is 5.64. The summed E-state index contributed by atoms with van der Waals surface area (Å²) >= 11 is 0. The Morgan fingerprint density at radius 2 is 1.26 bits per heavy atom. The van der Waals surface area contributed by atoms with Gasteiger partial charge in [0.25, 0.3) is 0 Å². The van der Waals surface area contributed by atoms with Gasteiger partial charge < -0.3 is 54.4 Å². The molecule has 4 rings (SSSR count). The number of ether oxygens (including phenoxy) is 6. The zero-order valence-electron chi connectivity index (χ0n) is 19.5. The van der Waals surface area contributed by atoms with Crippen molar-refractivity contribution in [1.82, 2.24) is 0 Å². The maximum Gasteiger partial charge on any atom is 0.162 e. The SMILES string of the molecule is COc1cc([C@H]2OC[C@@]3(O)[C@@H]2CO[C@H]3c2cc(OC)c(OC)cc2N([O-])O)c(N([O-])O)cc1OC. The number of fused-ring (bicyclic) bond motifs is 1. The number of methoxy groups -OCH3 is 4. The first-order valence-corrected chi connectivity index (χ1v) is 10.5. The number of benzene rings is 2. The molecule has 0 amide bonds. The van der Waals surface area contributed by atoms with Crippen molar-refractivity contribution in [3.05, 3.63) is 45.8 Å². The third-order valence-electron chi connectivity index (χ3n) is 6.46. The van der Waals surface area contributed by atoms with Gasteiger partial charge in [0, 0.05) is 29.2 Å². The van der Waals surface area contributed by atoms with E-state index in [2.05, 4.69) is 0 Å². The lowest BCUT2D eigenvalue weighted by Gasteiger charge is -2.33. The Kier molecular flexibility index (Phi) is 6.83. The second-order valence-electron chi connectivity index (χ2n) is 8.12. The molecule has 4 atom stereocenters. The van der Waals surface area contributed by atoms with Crippen LogP contribution < -0.4 is 29.4 Å². The van der Waals surface area contributed by atoms with E-state index < -0.39 is 23.7 Å². The van der Waals surface area contributed by atoms with E-state index in [1.54, 1.807) is 0 Å². The maximum absolute atomic E-state index is 11.9. The molecule has 0 saturated carbocycles. The van der Waals surface area contributed by atoms with Gasteiger partial charge in [-0.15, -0.1) is 0 Å². The molecule has 35 heavy (non-hydrogen) atoms. The van der Waals surface area contributed by atoms with E-state index >= 15 is 0 Å². The second-order valence-corrected chi connectivity index (χ2v) is 8.12. The van der Waals surface area contributed by atoms with E-state index in [-0.39, 0.29) is 69.2 Å². The summed E-state index contributed by atoms with van der Waals surface area (Å²) in [6.45, 7) is -0.259. The Hall–Kier alpha value is -3.04. The number of hydrogen-bond donors (Lipinski definition) is 3. The third-order valence-corrected chi connectivity index (χ3v) is 6.46. The van der Waals surface area contributed by atoms with Crippen molar-refractivity contribution in [2.75, 3.05) is 52.1 Å². The van der Waals surface area contributed by atoms with Crippen LogP contribution in [0.2, 0.25) is 0 Å². The van der Waals surface area contributed by atoms with Crippen LogP contribution in [0, 0.1) is 16.3 Å². The zero-order chi connectivity index (χ0) is 25.5. The first kappa shape index (κ1) is 25.1. The summed E-state index contributed by atoms with van der Waals surface area (Å²) < 4.78 is 32.9. The van der Waals surface area contributed by atoms with Crippen LogP contribution in [-0.4, -0.2) is 62.8 Å². The largest absolute Gasteiger partial charge is 0.733 e. The summed E-state index contributed by atoms with van der Waals surface area (Å²) in [6, 6.07) is 5.47. The molecule has 0 aromatic heterocycles. The average molecular weight is 494 g/mol. The molecule has 2 saturated heterocycles. The van der Waals surface area contributed by atoms with Crippen molar-refractivity contribution in [3.8, 4) is 23.0 Å². The number of hydrogen-bond acceptors (Lipinski definition) is 13. The molecule has 0 unspecified atom stereocenters. The van der Waals surface area contributed by atoms with Crippen LogP contribution in [0.5, 0.6) is 23.0 Å². The van der Waals surface area contributed by atoms with Crippen LogP contribution in [0.3, 0.4) is 0 Å². The summed E-state index contributed by atoms with van der Waals surface area (Å²) in [7, 11) is 5.58. The number of rotatable bonds is 8. The van der Waals surface area contributed by atoms with Crippen LogP contribution in [0.25, 0.3) is 0 Å². The topological polar surface area (TPSA) is 169 Å². The summed E-state index contributed by atoms with van der Waals surface area (Å²) in [5, 5.41) is 54.3. The monoisotopic (exact) mass is 494 g/mol. The van der Waals surface area contributed by atoms with Gasteiger partial charge in [-0.05, 0) is 12.1 Å². The lowest BCUT2D eigenvalue weighted by atomic mass is 9.80. The summed E-state index contributed by atoms with van der Waals surface area (Å²) in [4.78, 5) is 0. The van der Waals surface area contributed by atoms with Gasteiger partial charge in [-0.3, -0.25) is 10.4 Å². The normalized spacial score (nSPS) is 25.2. The second kappa shape index (κ2) is 9.54. The van der Waals surface area contributed by atoms with Gasteiger partial charge in [0.1, 0.15) is 11.7 Å². The summed E-state index contributed by atoms with van der Waals surface area (Å²) in [6.07, 6.45) is -1.98. The molecular formula is C22H26N2O11-2. The van der Waals surface area contributed by atoms with Crippen molar-refractivity contribution in [2.45, 2.75) is 17.8 Å². The van der Waals surface area contributed by atoms with Gasteiger partial charge in [-0.2, -0.15) is 0 Å². The van der Waals surface area contributed by atoms with E-state index in [0.717, 1.165) is 0 Å². The number of anilines is 2. The molecular weight excluding hydrogens is 468 g/mol. The zero-order valence-corrected chi connectivity index (χ0v) is 19.5. The molecule has 3 N–H and O–H groups in total. The van der Waals surface area contributed by atoms with Crippen LogP contribution in [0.1, 0.15) is 23.3 Å². The number of aliphatic hydroxyl groups is 1. The lowest BCUT2D eigenvalue weighted by molar-refractivity contribution is -0.0628. The Bertz CT molecular complexity index is 1080. The molecule has 2 aromatic rings. The minimum atomic E-state index is -1.66. The lowest BCUT2D eigenvalue weighted by Crippen LogP contribution is -2.39. The van der Waals surface area contributed by atoms with Crippen LogP contribution in [-0.2, 0) is 9.47 Å². The van der Waals surface area contributed by atoms with Gasteiger partial charge >= 0.3 is 0 Å². The van der Waals surface area contributed by atoms with E-state index in [9.17, 15) is 25.9 Å². The van der Waals surface area contributed by atoms with Crippen LogP contribution >= 0.6 is 0 Å². The van der Waals surface area contributed by atoms with Crippen molar-refractivity contribution in [3.63, 3.8) is 0 Å². The number of nitrogens with zero attached hydrogens (tertiary/aromatic N) is 2. The van der Waals surface area contributed by atoms with Gasteiger partial charge in [-0.25, -0.2) is 0 Å². The van der Waals surface area contributed by atoms with E-state index in [1.807, 2.05) is 0 Å². The van der Waals surface area contributed by atoms with E-state index in [1.165, 1.54) is 52.7 Å². The van der Waals surface area contributed by atoms with Crippen molar-refractivity contribution in [2.24, 2.45) is 5.92 Å². The molecule has 2 aromatic carbocycles. The Morgan fingerprint density at radius 3 is 1.74 bits per heavy atom. The maximum atomic E-state index is 11.9. The summed E-state index contributed by atoms with van der Waals surface area (Å²) in [5.74, 6) is 0.222. The van der Waals surface area contributed by atoms with Crippen LogP contribution in [0.4, 0.5) is 11.4 Å². The fourth-order valence-corrected chi connectivity index (χ4v) is 4.76. The Balaban J connectivity index is 1.77. The molecule has 0 spiro atoms. The smallest absolute Gasteiger partial charge is 0.162 e. The fourth-order valence-electron chi connectivity index (χ4n) is 4.76. The standard InChI is InChI=1S/C22H26N2O11/c1-30-16-5-11(14(23(26)27)7-18(16)32-3)20-13-9-34-21(22(13,25)10-35-20)12-6-17(31-2)19(33-4)8-15(12)24(28)29/h5-8,13,20-21,25-26,28H,9-10H2,1-4H3/q-2/t13-,20-,21+,22-/m1/s1. The summed E-state index contributed by atoms with van der Waals surface area (Å²) in [5.41, 5.74) is -1.64. The van der Waals surface area contributed by atoms with Crippen molar-refractivity contribution < 1.29 is 43.9 Å². The quantitative estimate of drug-likeness (QED) is 0.457. The molecule has 2 fully saturated rings. The van der Waals surface area contributed by atoms with Crippen LogP contribution in [0.15, 0.2) is 24.3 Å². The van der Waals surface area contributed by atoms with Gasteiger partial charge in [0.05, 0.1) is 59.1 Å². The predicted molar refractivity (Wildman–Crippen MR) is 120 cm³/mol. The molecule has 2 heterocycles. The molecule has 0 bridgehead atoms. The van der Waals surface area contributed by atoms with Gasteiger partial charge in [0.15, 0.2) is 23.0 Å². The molecule has 2 aliphatic rings.